The number of ketones is 1. The van der Waals surface area contributed by atoms with Crippen molar-refractivity contribution < 1.29 is 14.3 Å². The highest BCUT2D eigenvalue weighted by atomic mass is 35.5. The molecule has 0 bridgehead atoms. The second-order valence-electron chi connectivity index (χ2n) is 3.26. The van der Waals surface area contributed by atoms with Crippen LogP contribution in [0.2, 0.25) is 0 Å². The first kappa shape index (κ1) is 11.7. The maximum Gasteiger partial charge on any atom is 0.340 e. The van der Waals surface area contributed by atoms with Gasteiger partial charge in [0.1, 0.15) is 5.75 Å². The summed E-state index contributed by atoms with van der Waals surface area (Å²) >= 11 is 5.75. The van der Waals surface area contributed by atoms with Crippen molar-refractivity contribution in [1.29, 1.82) is 0 Å². The molecule has 80 valence electrons. The third-order valence-electron chi connectivity index (χ3n) is 2.00. The van der Waals surface area contributed by atoms with Crippen LogP contribution in [0.15, 0.2) is 30.3 Å². The van der Waals surface area contributed by atoms with Crippen LogP contribution in [0.3, 0.4) is 0 Å². The minimum absolute atomic E-state index is 0.371. The summed E-state index contributed by atoms with van der Waals surface area (Å²) in [6, 6.07) is 8.47. The highest BCUT2D eigenvalue weighted by Gasteiger charge is 2.37. The second-order valence-corrected chi connectivity index (χ2v) is 4.02. The predicted molar refractivity (Wildman–Crippen MR) is 57.0 cm³/mol. The third kappa shape index (κ3) is 2.80. The molecule has 0 aliphatic heterocycles. The standard InChI is InChI=1S/C11H11ClO3/c1-8(13)11(2,12)10(14)15-9-6-4-3-5-7-9/h3-7H,1-2H3. The van der Waals surface area contributed by atoms with E-state index in [1.54, 1.807) is 30.3 Å². The van der Waals surface area contributed by atoms with Gasteiger partial charge in [-0.15, -0.1) is 0 Å². The number of benzene rings is 1. The minimum atomic E-state index is -1.62. The Morgan fingerprint density at radius 1 is 1.27 bits per heavy atom. The molecule has 0 saturated carbocycles. The number of halogens is 1. The predicted octanol–water partition coefficient (Wildman–Crippen LogP) is 2.18. The number of Topliss-reactive ketones (excluding diaryl/α,β-unsaturated/α-hetero) is 1. The van der Waals surface area contributed by atoms with Crippen LogP contribution >= 0.6 is 11.6 Å². The van der Waals surface area contributed by atoms with Gasteiger partial charge < -0.3 is 4.74 Å². The van der Waals surface area contributed by atoms with E-state index in [9.17, 15) is 9.59 Å². The van der Waals surface area contributed by atoms with E-state index in [0.717, 1.165) is 0 Å². The van der Waals surface area contributed by atoms with Gasteiger partial charge in [-0.25, -0.2) is 4.79 Å². The van der Waals surface area contributed by atoms with Gasteiger partial charge in [-0.3, -0.25) is 4.79 Å². The Morgan fingerprint density at radius 3 is 2.27 bits per heavy atom. The summed E-state index contributed by atoms with van der Waals surface area (Å²) in [6.45, 7) is 2.57. The molecule has 0 heterocycles. The fourth-order valence-electron chi connectivity index (χ4n) is 0.835. The summed E-state index contributed by atoms with van der Waals surface area (Å²) in [5.74, 6) is -0.830. The van der Waals surface area contributed by atoms with Crippen molar-refractivity contribution in [2.75, 3.05) is 0 Å². The molecule has 15 heavy (non-hydrogen) atoms. The van der Waals surface area contributed by atoms with Gasteiger partial charge in [0.2, 0.25) is 0 Å². The minimum Gasteiger partial charge on any atom is -0.425 e. The molecule has 0 aliphatic carbocycles. The first-order valence-electron chi connectivity index (χ1n) is 4.42. The van der Waals surface area contributed by atoms with Gasteiger partial charge in [0.15, 0.2) is 10.7 Å². The van der Waals surface area contributed by atoms with E-state index in [2.05, 4.69) is 0 Å². The van der Waals surface area contributed by atoms with Gasteiger partial charge in [0.05, 0.1) is 0 Å². The average molecular weight is 227 g/mol. The smallest absolute Gasteiger partial charge is 0.340 e. The Hall–Kier alpha value is -1.35. The van der Waals surface area contributed by atoms with Crippen LogP contribution in [0.1, 0.15) is 13.8 Å². The molecule has 0 amide bonds. The van der Waals surface area contributed by atoms with Crippen LogP contribution in [0.4, 0.5) is 0 Å². The largest absolute Gasteiger partial charge is 0.425 e. The maximum atomic E-state index is 11.5. The van der Waals surface area contributed by atoms with Crippen LogP contribution in [-0.2, 0) is 9.59 Å². The molecular weight excluding hydrogens is 216 g/mol. The zero-order chi connectivity index (χ0) is 11.5. The normalized spacial score (nSPS) is 14.1. The average Bonchev–Trinajstić information content (AvgIpc) is 2.18. The molecule has 4 heteroatoms. The van der Waals surface area contributed by atoms with Crippen molar-refractivity contribution in [3.63, 3.8) is 0 Å². The number of alkyl halides is 1. The third-order valence-corrected chi connectivity index (χ3v) is 2.42. The molecule has 1 aromatic carbocycles. The first-order chi connectivity index (χ1) is 6.94. The summed E-state index contributed by atoms with van der Waals surface area (Å²) in [4.78, 5) is 20.9. The number of hydrogen-bond donors (Lipinski definition) is 0. The monoisotopic (exact) mass is 226 g/mol. The van der Waals surface area contributed by atoms with E-state index in [1.807, 2.05) is 0 Å². The van der Waals surface area contributed by atoms with E-state index in [-0.39, 0.29) is 0 Å². The number of ether oxygens (including phenoxy) is 1. The second kappa shape index (κ2) is 4.45. The van der Waals surface area contributed by atoms with Crippen molar-refractivity contribution >= 4 is 23.4 Å². The molecule has 1 rings (SSSR count). The highest BCUT2D eigenvalue weighted by Crippen LogP contribution is 2.20. The van der Waals surface area contributed by atoms with Crippen LogP contribution in [0.5, 0.6) is 5.75 Å². The van der Waals surface area contributed by atoms with Gasteiger partial charge in [-0.2, -0.15) is 0 Å². The van der Waals surface area contributed by atoms with Gasteiger partial charge in [-0.05, 0) is 26.0 Å². The van der Waals surface area contributed by atoms with E-state index in [0.29, 0.717) is 5.75 Å². The van der Waals surface area contributed by atoms with Crippen LogP contribution in [-0.4, -0.2) is 16.6 Å². The van der Waals surface area contributed by atoms with Gasteiger partial charge in [0.25, 0.3) is 0 Å². The molecule has 0 N–H and O–H groups in total. The zero-order valence-corrected chi connectivity index (χ0v) is 9.25. The molecule has 0 radical (unpaired) electrons. The Bertz CT molecular complexity index is 371. The summed E-state index contributed by atoms with van der Waals surface area (Å²) in [5, 5.41) is 0. The van der Waals surface area contributed by atoms with Crippen LogP contribution < -0.4 is 4.74 Å². The van der Waals surface area contributed by atoms with E-state index in [4.69, 9.17) is 16.3 Å². The van der Waals surface area contributed by atoms with Crippen molar-refractivity contribution in [1.82, 2.24) is 0 Å². The number of esters is 1. The van der Waals surface area contributed by atoms with Crippen LogP contribution in [0, 0.1) is 0 Å². The topological polar surface area (TPSA) is 43.4 Å². The van der Waals surface area contributed by atoms with Gasteiger partial charge in [0, 0.05) is 0 Å². The molecule has 0 aliphatic rings. The van der Waals surface area contributed by atoms with Crippen LogP contribution in [0.25, 0.3) is 0 Å². The Morgan fingerprint density at radius 2 is 1.80 bits per heavy atom. The molecule has 1 unspecified atom stereocenters. The summed E-state index contributed by atoms with van der Waals surface area (Å²) < 4.78 is 4.95. The maximum absolute atomic E-state index is 11.5. The molecule has 1 aromatic rings. The number of para-hydroxylation sites is 1. The van der Waals surface area contributed by atoms with Gasteiger partial charge >= 0.3 is 5.97 Å². The molecule has 1 atom stereocenters. The SMILES string of the molecule is CC(=O)C(C)(Cl)C(=O)Oc1ccccc1. The molecular formula is C11H11ClO3. The van der Waals surface area contributed by atoms with E-state index < -0.39 is 16.6 Å². The molecule has 3 nitrogen and oxygen atoms in total. The number of carbonyl (C=O) groups is 2. The van der Waals surface area contributed by atoms with Crippen molar-refractivity contribution in [3.05, 3.63) is 30.3 Å². The zero-order valence-electron chi connectivity index (χ0n) is 8.49. The first-order valence-corrected chi connectivity index (χ1v) is 4.79. The molecule has 0 saturated heterocycles. The fraction of sp³-hybridized carbons (Fsp3) is 0.273. The number of rotatable bonds is 3. The Labute approximate surface area is 93.0 Å². The molecule has 0 aromatic heterocycles. The lowest BCUT2D eigenvalue weighted by atomic mass is 10.1. The van der Waals surface area contributed by atoms with E-state index >= 15 is 0 Å². The fourth-order valence-corrected chi connectivity index (χ4v) is 0.874. The number of carbonyl (C=O) groups excluding carboxylic acids is 2. The van der Waals surface area contributed by atoms with Crippen molar-refractivity contribution in [2.24, 2.45) is 0 Å². The van der Waals surface area contributed by atoms with Crippen molar-refractivity contribution in [3.8, 4) is 5.75 Å². The number of hydrogen-bond acceptors (Lipinski definition) is 3. The summed E-state index contributed by atoms with van der Waals surface area (Å²) in [7, 11) is 0. The lowest BCUT2D eigenvalue weighted by Gasteiger charge is -2.16. The Balaban J connectivity index is 2.77. The molecule has 0 spiro atoms. The summed E-state index contributed by atoms with van der Waals surface area (Å²) in [5.41, 5.74) is 0. The van der Waals surface area contributed by atoms with Crippen molar-refractivity contribution in [2.45, 2.75) is 18.7 Å². The summed E-state index contributed by atoms with van der Waals surface area (Å²) in [6.07, 6.45) is 0. The van der Waals surface area contributed by atoms with E-state index in [1.165, 1.54) is 13.8 Å². The quantitative estimate of drug-likeness (QED) is 0.343. The Kier molecular flexibility index (Phi) is 3.48. The highest BCUT2D eigenvalue weighted by molar-refractivity contribution is 6.45. The van der Waals surface area contributed by atoms with Gasteiger partial charge in [-0.1, -0.05) is 29.8 Å². The lowest BCUT2D eigenvalue weighted by molar-refractivity contribution is -0.140. The lowest BCUT2D eigenvalue weighted by Crippen LogP contribution is -2.39. The molecule has 0 fully saturated rings.